The van der Waals surface area contributed by atoms with Crippen LogP contribution in [-0.2, 0) is 9.53 Å². The Hall–Kier alpha value is -1.55. The summed E-state index contributed by atoms with van der Waals surface area (Å²) in [5.74, 6) is -0.141. The van der Waals surface area contributed by atoms with Crippen molar-refractivity contribution in [2.45, 2.75) is 38.1 Å². The molecule has 1 aromatic carbocycles. The van der Waals surface area contributed by atoms with Gasteiger partial charge in [-0.15, -0.1) is 0 Å². The average Bonchev–Trinajstić information content (AvgIpc) is 2.38. The van der Waals surface area contributed by atoms with Crippen molar-refractivity contribution in [2.75, 3.05) is 18.9 Å². The van der Waals surface area contributed by atoms with Crippen molar-refractivity contribution in [3.8, 4) is 0 Å². The molecule has 1 unspecified atom stereocenters. The van der Waals surface area contributed by atoms with E-state index in [0.717, 1.165) is 18.4 Å². The molecular weight excluding hydrogens is 240 g/mol. The lowest BCUT2D eigenvalue weighted by Crippen LogP contribution is -2.50. The van der Waals surface area contributed by atoms with Gasteiger partial charge in [-0.1, -0.05) is 12.1 Å². The molecule has 4 heteroatoms. The summed E-state index contributed by atoms with van der Waals surface area (Å²) < 4.78 is 5.34. The second kappa shape index (κ2) is 5.61. The average molecular weight is 262 g/mol. The number of carbonyl (C=O) groups excluding carboxylic acids is 1. The molecule has 104 valence electrons. The molecule has 1 fully saturated rings. The number of anilines is 1. The van der Waals surface area contributed by atoms with Crippen LogP contribution in [0.5, 0.6) is 0 Å². The van der Waals surface area contributed by atoms with Gasteiger partial charge in [-0.25, -0.2) is 0 Å². The lowest BCUT2D eigenvalue weighted by molar-refractivity contribution is -0.125. The maximum Gasteiger partial charge on any atom is 0.227 e. The molecule has 0 radical (unpaired) electrons. The van der Waals surface area contributed by atoms with E-state index in [9.17, 15) is 4.79 Å². The molecule has 0 aromatic heterocycles. The summed E-state index contributed by atoms with van der Waals surface area (Å²) in [5.41, 5.74) is 7.25. The number of ether oxygens (including phenoxy) is 1. The lowest BCUT2D eigenvalue weighted by atomic mass is 9.90. The van der Waals surface area contributed by atoms with E-state index < -0.39 is 0 Å². The summed E-state index contributed by atoms with van der Waals surface area (Å²) in [6.45, 7) is 5.42. The number of nitrogen functional groups attached to an aromatic ring is 1. The van der Waals surface area contributed by atoms with E-state index in [-0.39, 0.29) is 17.4 Å². The molecule has 1 saturated heterocycles. The number of hydrogen-bond acceptors (Lipinski definition) is 3. The molecule has 3 N–H and O–H groups in total. The largest absolute Gasteiger partial charge is 0.399 e. The summed E-state index contributed by atoms with van der Waals surface area (Å²) in [5, 5.41) is 3.15. The third kappa shape index (κ3) is 3.47. The van der Waals surface area contributed by atoms with E-state index in [1.165, 1.54) is 0 Å². The van der Waals surface area contributed by atoms with Gasteiger partial charge in [-0.2, -0.15) is 0 Å². The molecule has 1 aliphatic heterocycles. The van der Waals surface area contributed by atoms with Gasteiger partial charge in [0.05, 0.1) is 5.92 Å². The summed E-state index contributed by atoms with van der Waals surface area (Å²) in [6.07, 6.45) is 1.73. The first-order valence-corrected chi connectivity index (χ1v) is 6.75. The van der Waals surface area contributed by atoms with Crippen molar-refractivity contribution in [1.29, 1.82) is 0 Å². The minimum Gasteiger partial charge on any atom is -0.399 e. The minimum absolute atomic E-state index is 0.0509. The highest BCUT2D eigenvalue weighted by molar-refractivity contribution is 5.84. The Morgan fingerprint density at radius 1 is 1.42 bits per heavy atom. The molecule has 19 heavy (non-hydrogen) atoms. The molecule has 1 amide bonds. The number of carbonyl (C=O) groups is 1. The van der Waals surface area contributed by atoms with E-state index in [4.69, 9.17) is 10.5 Å². The maximum atomic E-state index is 12.3. The first-order chi connectivity index (χ1) is 9.00. The zero-order chi connectivity index (χ0) is 13.9. The number of nitrogens with two attached hydrogens (primary N) is 1. The van der Waals surface area contributed by atoms with E-state index in [1.54, 1.807) is 0 Å². The Morgan fingerprint density at radius 3 is 2.74 bits per heavy atom. The van der Waals surface area contributed by atoms with E-state index in [0.29, 0.717) is 18.9 Å². The van der Waals surface area contributed by atoms with Gasteiger partial charge in [-0.05, 0) is 44.4 Å². The normalized spacial score (nSPS) is 19.7. The number of benzene rings is 1. The van der Waals surface area contributed by atoms with Crippen LogP contribution in [-0.4, -0.2) is 24.7 Å². The predicted octanol–water partition coefficient (Wildman–Crippen LogP) is 2.06. The zero-order valence-corrected chi connectivity index (χ0v) is 11.6. The smallest absolute Gasteiger partial charge is 0.227 e. The second-order valence-electron chi connectivity index (χ2n) is 5.55. The third-order valence-electron chi connectivity index (χ3n) is 3.83. The van der Waals surface area contributed by atoms with Crippen molar-refractivity contribution >= 4 is 11.6 Å². The summed E-state index contributed by atoms with van der Waals surface area (Å²) in [4.78, 5) is 12.3. The van der Waals surface area contributed by atoms with E-state index >= 15 is 0 Å². The van der Waals surface area contributed by atoms with Crippen LogP contribution in [0.1, 0.15) is 38.2 Å². The lowest BCUT2D eigenvalue weighted by Gasteiger charge is -2.35. The first kappa shape index (κ1) is 13.9. The Balaban J connectivity index is 2.03. The van der Waals surface area contributed by atoms with Crippen molar-refractivity contribution in [3.05, 3.63) is 29.8 Å². The van der Waals surface area contributed by atoms with Gasteiger partial charge in [0, 0.05) is 24.4 Å². The van der Waals surface area contributed by atoms with Crippen LogP contribution in [0.2, 0.25) is 0 Å². The second-order valence-corrected chi connectivity index (χ2v) is 5.55. The molecule has 1 aromatic rings. The van der Waals surface area contributed by atoms with Crippen molar-refractivity contribution in [1.82, 2.24) is 5.32 Å². The molecule has 1 aliphatic rings. The van der Waals surface area contributed by atoms with Gasteiger partial charge in [0.2, 0.25) is 5.91 Å². The SMILES string of the molecule is CC(C(=O)NC1(C)CCOCC1)c1cccc(N)c1. The standard InChI is InChI=1S/C15H22N2O2/c1-11(12-4-3-5-13(16)10-12)14(18)17-15(2)6-8-19-9-7-15/h3-5,10-11H,6-9,16H2,1-2H3,(H,17,18). The summed E-state index contributed by atoms with van der Waals surface area (Å²) in [6, 6.07) is 7.50. The van der Waals surface area contributed by atoms with Crippen LogP contribution in [0.15, 0.2) is 24.3 Å². The fourth-order valence-electron chi connectivity index (χ4n) is 2.33. The highest BCUT2D eigenvalue weighted by Gasteiger charge is 2.30. The van der Waals surface area contributed by atoms with Crippen LogP contribution in [0, 0.1) is 0 Å². The molecule has 1 atom stereocenters. The van der Waals surface area contributed by atoms with Gasteiger partial charge in [0.1, 0.15) is 0 Å². The Morgan fingerprint density at radius 2 is 2.11 bits per heavy atom. The molecule has 0 saturated carbocycles. The highest BCUT2D eigenvalue weighted by atomic mass is 16.5. The van der Waals surface area contributed by atoms with Crippen LogP contribution < -0.4 is 11.1 Å². The predicted molar refractivity (Wildman–Crippen MR) is 75.9 cm³/mol. The van der Waals surface area contributed by atoms with Gasteiger partial charge in [0.15, 0.2) is 0 Å². The van der Waals surface area contributed by atoms with E-state index in [1.807, 2.05) is 31.2 Å². The number of amides is 1. The zero-order valence-electron chi connectivity index (χ0n) is 11.6. The molecule has 4 nitrogen and oxygen atoms in total. The third-order valence-corrected chi connectivity index (χ3v) is 3.83. The summed E-state index contributed by atoms with van der Waals surface area (Å²) >= 11 is 0. The van der Waals surface area contributed by atoms with Gasteiger partial charge in [-0.3, -0.25) is 4.79 Å². The summed E-state index contributed by atoms with van der Waals surface area (Å²) in [7, 11) is 0. The van der Waals surface area contributed by atoms with E-state index in [2.05, 4.69) is 12.2 Å². The molecule has 0 aliphatic carbocycles. The van der Waals surface area contributed by atoms with Crippen molar-refractivity contribution < 1.29 is 9.53 Å². The Kier molecular flexibility index (Phi) is 4.10. The fraction of sp³-hybridized carbons (Fsp3) is 0.533. The van der Waals surface area contributed by atoms with Crippen LogP contribution >= 0.6 is 0 Å². The van der Waals surface area contributed by atoms with Crippen LogP contribution in [0.3, 0.4) is 0 Å². The van der Waals surface area contributed by atoms with Crippen LogP contribution in [0.25, 0.3) is 0 Å². The van der Waals surface area contributed by atoms with Gasteiger partial charge < -0.3 is 15.8 Å². The van der Waals surface area contributed by atoms with Gasteiger partial charge >= 0.3 is 0 Å². The molecule has 0 bridgehead atoms. The molecule has 2 rings (SSSR count). The Bertz CT molecular complexity index is 453. The number of nitrogens with one attached hydrogen (secondary N) is 1. The quantitative estimate of drug-likeness (QED) is 0.819. The Labute approximate surface area is 114 Å². The fourth-order valence-corrected chi connectivity index (χ4v) is 2.33. The van der Waals surface area contributed by atoms with Gasteiger partial charge in [0.25, 0.3) is 0 Å². The number of rotatable bonds is 3. The van der Waals surface area contributed by atoms with Crippen LogP contribution in [0.4, 0.5) is 5.69 Å². The first-order valence-electron chi connectivity index (χ1n) is 6.75. The molecule has 0 spiro atoms. The minimum atomic E-state index is -0.192. The highest BCUT2D eigenvalue weighted by Crippen LogP contribution is 2.23. The topological polar surface area (TPSA) is 64.3 Å². The van der Waals surface area contributed by atoms with Crippen molar-refractivity contribution in [3.63, 3.8) is 0 Å². The molecule has 1 heterocycles. The monoisotopic (exact) mass is 262 g/mol. The van der Waals surface area contributed by atoms with Crippen molar-refractivity contribution in [2.24, 2.45) is 0 Å². The number of hydrogen-bond donors (Lipinski definition) is 2. The molecular formula is C15H22N2O2. The maximum absolute atomic E-state index is 12.3.